The van der Waals surface area contributed by atoms with Crippen LogP contribution in [-0.2, 0) is 29.3 Å². The summed E-state index contributed by atoms with van der Waals surface area (Å²) in [6.07, 6.45) is 18.9. The Bertz CT molecular complexity index is 1920. The number of aldehydes is 1. The lowest BCUT2D eigenvalue weighted by molar-refractivity contribution is -0.167. The van der Waals surface area contributed by atoms with Gasteiger partial charge in [-0.2, -0.15) is 8.42 Å². The van der Waals surface area contributed by atoms with E-state index < -0.39 is 22.0 Å². The lowest BCUT2D eigenvalue weighted by atomic mass is 9.43. The van der Waals surface area contributed by atoms with Crippen molar-refractivity contribution < 1.29 is 42.4 Å². The Labute approximate surface area is 396 Å². The largest absolute Gasteiger partial charge is 0.393 e. The molecule has 0 aromatic carbocycles. The molecule has 20 atom stereocenters. The van der Waals surface area contributed by atoms with Crippen molar-refractivity contribution in [3.63, 3.8) is 0 Å². The zero-order valence-electron chi connectivity index (χ0n) is 41.3. The summed E-state index contributed by atoms with van der Waals surface area (Å²) < 4.78 is 31.1. The fourth-order valence-electron chi connectivity index (χ4n) is 18.9. The molecule has 3 amide bonds. The molecule has 0 radical (unpaired) electrons. The molecule has 8 saturated carbocycles. The van der Waals surface area contributed by atoms with Gasteiger partial charge in [0, 0.05) is 31.5 Å². The molecule has 374 valence electrons. The molecule has 8 aliphatic carbocycles. The highest BCUT2D eigenvalue weighted by Crippen LogP contribution is 2.70. The minimum atomic E-state index is -4.12. The molecule has 0 spiro atoms. The number of carbonyl (C=O) groups is 4. The monoisotopic (exact) mass is 942 g/mol. The second-order valence-corrected chi connectivity index (χ2v) is 26.7. The van der Waals surface area contributed by atoms with Gasteiger partial charge >= 0.3 is 0 Å². The topological polar surface area (TPSA) is 199 Å². The molecule has 8 fully saturated rings. The Morgan fingerprint density at radius 1 is 0.621 bits per heavy atom. The van der Waals surface area contributed by atoms with E-state index >= 15 is 0 Å². The highest BCUT2D eigenvalue weighted by atomic mass is 32.2. The van der Waals surface area contributed by atoms with Gasteiger partial charge in [-0.05, 0) is 208 Å². The van der Waals surface area contributed by atoms with Crippen molar-refractivity contribution in [2.45, 2.75) is 201 Å². The maximum atomic E-state index is 13.5. The van der Waals surface area contributed by atoms with Crippen molar-refractivity contribution in [3.8, 4) is 0 Å². The van der Waals surface area contributed by atoms with Crippen molar-refractivity contribution in [3.05, 3.63) is 0 Å². The molecule has 0 bridgehead atoms. The quantitative estimate of drug-likeness (QED) is 0.0543. The van der Waals surface area contributed by atoms with Gasteiger partial charge in [0.25, 0.3) is 10.1 Å². The Morgan fingerprint density at radius 3 is 1.52 bits per heavy atom. The van der Waals surface area contributed by atoms with Crippen LogP contribution in [0.5, 0.6) is 0 Å². The van der Waals surface area contributed by atoms with E-state index in [1.807, 2.05) is 0 Å². The Hall–Kier alpha value is -2.09. The maximum absolute atomic E-state index is 13.5. The summed E-state index contributed by atoms with van der Waals surface area (Å²) in [7, 11) is -4.12. The Morgan fingerprint density at radius 2 is 1.06 bits per heavy atom. The number of carbonyl (C=O) groups excluding carboxylic acids is 4. The summed E-state index contributed by atoms with van der Waals surface area (Å²) in [4.78, 5) is 50.7. The van der Waals surface area contributed by atoms with Crippen LogP contribution in [0.3, 0.4) is 0 Å². The van der Waals surface area contributed by atoms with Gasteiger partial charge in [-0.15, -0.1) is 0 Å². The Balaban J connectivity index is 0.797. The van der Waals surface area contributed by atoms with Gasteiger partial charge in [0.2, 0.25) is 17.7 Å². The summed E-state index contributed by atoms with van der Waals surface area (Å²) in [6, 6.07) is -0.000379. The van der Waals surface area contributed by atoms with E-state index in [4.69, 9.17) is 4.55 Å². The fraction of sp³-hybridized carbons (Fsp3) is 0.925. The molecular formula is C53H87N3O9S. The molecule has 0 saturated heterocycles. The summed E-state index contributed by atoms with van der Waals surface area (Å²) in [6.45, 7) is 14.3. The summed E-state index contributed by atoms with van der Waals surface area (Å²) >= 11 is 0. The fourth-order valence-corrected chi connectivity index (χ4v) is 19.2. The summed E-state index contributed by atoms with van der Waals surface area (Å²) in [5, 5.41) is 33.0. The summed E-state index contributed by atoms with van der Waals surface area (Å²) in [5.41, 5.74) is 0.544. The van der Waals surface area contributed by atoms with E-state index in [9.17, 15) is 37.8 Å². The smallest absolute Gasteiger partial charge is 0.266 e. The predicted octanol–water partition coefficient (Wildman–Crippen LogP) is 7.64. The van der Waals surface area contributed by atoms with Crippen LogP contribution in [0.25, 0.3) is 0 Å². The lowest BCUT2D eigenvalue weighted by Gasteiger charge is -2.62. The molecule has 0 aromatic rings. The average Bonchev–Trinajstić information content (AvgIpc) is 3.79. The number of amides is 3. The second kappa shape index (κ2) is 19.3. The van der Waals surface area contributed by atoms with Crippen LogP contribution in [0, 0.1) is 92.7 Å². The molecule has 0 heterocycles. The SMILES string of the molecule is C[C@H](CCC=O)[C@H]1CC[C@H]2[C@@H]3[C@@H](O)CC4CC(NC(=O)CC(=O)NC5CC[C@@]6(C)C(C5)C[C@H](O)[C@H]5[C@@H]7CC[C@H]([C@H](C)CCC(=O)NCCS(=O)(=O)O)[C@@]7(C)CC[C@@H]56)CC[C@]4(C)[C@H]3CC[C@]12C. The number of aliphatic hydroxyl groups excluding tert-OH is 2. The molecule has 8 rings (SSSR count). The van der Waals surface area contributed by atoms with Gasteiger partial charge in [-0.25, -0.2) is 0 Å². The number of fused-ring (bicyclic) bond motifs is 10. The maximum Gasteiger partial charge on any atom is 0.266 e. The molecule has 13 heteroatoms. The standard InChI is InChI=1S/C53H87N3O9S/c1-31(8-7-24-57)37-10-12-39-48-41(17-21-52(37,39)5)50(3)19-15-35(26-33(50)28-43(48)58)55-46(61)30-47(62)56-36-16-20-51(4)34(27-36)29-44(59)49-40-13-11-38(53(40,6)22-18-42(49)51)32(2)9-14-45(60)54-23-25-66(63,64)65/h24,31-44,48-49,58-59H,7-23,25-30H2,1-6H3,(H,54,60)(H,55,61)(H,56,62)(H,63,64,65)/t31-,32-,33?,34?,35?,36?,37-,38-,39+,40+,41+,42+,43+,44+,48+,49+,50+,51+,52-,53-/m1/s1. The van der Waals surface area contributed by atoms with Gasteiger partial charge in [0.05, 0.1) is 18.0 Å². The third-order valence-electron chi connectivity index (χ3n) is 22.2. The second-order valence-electron chi connectivity index (χ2n) is 25.2. The number of hydrogen-bond donors (Lipinski definition) is 6. The first-order valence-corrected chi connectivity index (χ1v) is 28.3. The van der Waals surface area contributed by atoms with Gasteiger partial charge in [0.1, 0.15) is 12.7 Å². The van der Waals surface area contributed by atoms with Crippen LogP contribution in [0.2, 0.25) is 0 Å². The van der Waals surface area contributed by atoms with Crippen molar-refractivity contribution in [2.75, 3.05) is 12.3 Å². The van der Waals surface area contributed by atoms with Crippen molar-refractivity contribution in [1.82, 2.24) is 16.0 Å². The third kappa shape index (κ3) is 9.45. The van der Waals surface area contributed by atoms with Crippen LogP contribution in [0.1, 0.15) is 176 Å². The number of aliphatic hydroxyl groups is 2. The van der Waals surface area contributed by atoms with E-state index in [0.29, 0.717) is 77.9 Å². The van der Waals surface area contributed by atoms with Gasteiger partial charge in [-0.3, -0.25) is 18.9 Å². The molecule has 8 aliphatic rings. The highest BCUT2D eigenvalue weighted by Gasteiger charge is 2.65. The molecule has 4 unspecified atom stereocenters. The van der Waals surface area contributed by atoms with E-state index in [1.54, 1.807) is 0 Å². The van der Waals surface area contributed by atoms with E-state index in [1.165, 1.54) is 19.3 Å². The first-order valence-electron chi connectivity index (χ1n) is 26.7. The Kier molecular flexibility index (Phi) is 14.7. The molecule has 0 aliphatic heterocycles. The highest BCUT2D eigenvalue weighted by molar-refractivity contribution is 7.85. The number of hydrogen-bond acceptors (Lipinski definition) is 8. The molecule has 6 N–H and O–H groups in total. The molecule has 12 nitrogen and oxygen atoms in total. The van der Waals surface area contributed by atoms with E-state index in [0.717, 1.165) is 103 Å². The van der Waals surface area contributed by atoms with Gasteiger partial charge in [0.15, 0.2) is 0 Å². The van der Waals surface area contributed by atoms with Crippen LogP contribution in [-0.4, -0.2) is 83.8 Å². The zero-order valence-corrected chi connectivity index (χ0v) is 42.1. The predicted molar refractivity (Wildman–Crippen MR) is 254 cm³/mol. The lowest BCUT2D eigenvalue weighted by Crippen LogP contribution is -2.60. The minimum absolute atomic E-state index is 0.0116. The number of rotatable bonds is 15. The van der Waals surface area contributed by atoms with Crippen LogP contribution < -0.4 is 16.0 Å². The molecular weight excluding hydrogens is 855 g/mol. The number of nitrogens with one attached hydrogen (secondary N) is 3. The van der Waals surface area contributed by atoms with E-state index in [-0.39, 0.29) is 76.5 Å². The van der Waals surface area contributed by atoms with Gasteiger partial charge in [-0.1, -0.05) is 41.5 Å². The van der Waals surface area contributed by atoms with E-state index in [2.05, 4.69) is 57.5 Å². The molecule has 66 heavy (non-hydrogen) atoms. The normalized spacial score (nSPS) is 45.9. The zero-order chi connectivity index (χ0) is 47.6. The van der Waals surface area contributed by atoms with Gasteiger partial charge < -0.3 is 31.0 Å². The van der Waals surface area contributed by atoms with Crippen LogP contribution in [0.4, 0.5) is 0 Å². The van der Waals surface area contributed by atoms with Crippen molar-refractivity contribution in [2.24, 2.45) is 92.7 Å². The van der Waals surface area contributed by atoms with Crippen LogP contribution in [0.15, 0.2) is 0 Å². The first kappa shape index (κ1) is 50.3. The minimum Gasteiger partial charge on any atom is -0.393 e. The van der Waals surface area contributed by atoms with Crippen molar-refractivity contribution >= 4 is 34.1 Å². The first-order chi connectivity index (χ1) is 31.1. The van der Waals surface area contributed by atoms with Crippen LogP contribution >= 0.6 is 0 Å². The van der Waals surface area contributed by atoms with Crippen molar-refractivity contribution in [1.29, 1.82) is 0 Å². The average molecular weight is 942 g/mol. The third-order valence-corrected chi connectivity index (χ3v) is 22.9. The summed E-state index contributed by atoms with van der Waals surface area (Å²) in [5.74, 6) is 3.86. The molecule has 0 aromatic heterocycles.